The highest BCUT2D eigenvalue weighted by Gasteiger charge is 2.26. The van der Waals surface area contributed by atoms with Crippen LogP contribution in [0.3, 0.4) is 0 Å². The molecule has 0 atom stereocenters. The molecule has 0 radical (unpaired) electrons. The van der Waals surface area contributed by atoms with Gasteiger partial charge in [0.05, 0.1) is 6.42 Å². The van der Waals surface area contributed by atoms with E-state index in [1.165, 1.54) is 6.07 Å². The van der Waals surface area contributed by atoms with Gasteiger partial charge in [0.1, 0.15) is 0 Å². The summed E-state index contributed by atoms with van der Waals surface area (Å²) >= 11 is 0. The first-order valence-corrected chi connectivity index (χ1v) is 6.18. The van der Waals surface area contributed by atoms with E-state index in [0.717, 1.165) is 5.56 Å². The first-order chi connectivity index (χ1) is 10.3. The second-order valence-electron chi connectivity index (χ2n) is 4.64. The van der Waals surface area contributed by atoms with E-state index in [1.807, 2.05) is 0 Å². The smallest absolute Gasteiger partial charge is 0.229 e. The van der Waals surface area contributed by atoms with E-state index < -0.39 is 47.0 Å². The van der Waals surface area contributed by atoms with Crippen molar-refractivity contribution in [2.75, 3.05) is 5.32 Å². The molecule has 116 valence electrons. The number of benzene rings is 2. The fourth-order valence-corrected chi connectivity index (χ4v) is 1.89. The van der Waals surface area contributed by atoms with Crippen molar-refractivity contribution in [2.24, 2.45) is 0 Å². The van der Waals surface area contributed by atoms with Gasteiger partial charge in [-0.15, -0.1) is 0 Å². The molecule has 22 heavy (non-hydrogen) atoms. The number of hydrogen-bond acceptors (Lipinski definition) is 1. The van der Waals surface area contributed by atoms with Crippen molar-refractivity contribution >= 4 is 11.6 Å². The minimum atomic E-state index is -2.25. The van der Waals surface area contributed by atoms with E-state index in [-0.39, 0.29) is 0 Å². The highest BCUT2D eigenvalue weighted by Crippen LogP contribution is 2.23. The molecule has 2 aromatic rings. The van der Waals surface area contributed by atoms with Crippen molar-refractivity contribution in [1.29, 1.82) is 0 Å². The molecule has 2 nitrogen and oxygen atoms in total. The van der Waals surface area contributed by atoms with Crippen LogP contribution in [-0.4, -0.2) is 5.91 Å². The van der Waals surface area contributed by atoms with Gasteiger partial charge in [-0.3, -0.25) is 4.79 Å². The average Bonchev–Trinajstić information content (AvgIpc) is 2.47. The van der Waals surface area contributed by atoms with Crippen LogP contribution >= 0.6 is 0 Å². The summed E-state index contributed by atoms with van der Waals surface area (Å²) in [5.41, 5.74) is 0.0180. The van der Waals surface area contributed by atoms with Crippen LogP contribution in [0, 0.1) is 36.0 Å². The largest absolute Gasteiger partial charge is 0.326 e. The van der Waals surface area contributed by atoms with Gasteiger partial charge in [0.15, 0.2) is 23.3 Å². The molecule has 1 amide bonds. The third kappa shape index (κ3) is 3.08. The summed E-state index contributed by atoms with van der Waals surface area (Å²) in [7, 11) is 0. The van der Waals surface area contributed by atoms with E-state index >= 15 is 0 Å². The van der Waals surface area contributed by atoms with Crippen LogP contribution in [0.1, 0.15) is 11.1 Å². The van der Waals surface area contributed by atoms with Gasteiger partial charge in [0.25, 0.3) is 0 Å². The molecule has 0 saturated carbocycles. The summed E-state index contributed by atoms with van der Waals surface area (Å²) in [5.74, 6) is -11.3. The molecule has 0 aliphatic rings. The Kier molecular flexibility index (Phi) is 4.44. The number of amides is 1. The maximum atomic E-state index is 13.5. The summed E-state index contributed by atoms with van der Waals surface area (Å²) in [6.45, 7) is 1.76. The van der Waals surface area contributed by atoms with Gasteiger partial charge in [0.2, 0.25) is 11.7 Å². The monoisotopic (exact) mass is 315 g/mol. The Hall–Kier alpha value is -2.44. The van der Waals surface area contributed by atoms with Crippen LogP contribution in [0.4, 0.5) is 27.6 Å². The number of nitrogens with one attached hydrogen (secondary N) is 1. The molecule has 0 fully saturated rings. The van der Waals surface area contributed by atoms with Gasteiger partial charge in [-0.05, 0) is 24.6 Å². The summed E-state index contributed by atoms with van der Waals surface area (Å²) in [6, 6.07) is 6.53. The fourth-order valence-electron chi connectivity index (χ4n) is 1.89. The summed E-state index contributed by atoms with van der Waals surface area (Å²) in [5, 5.41) is 2.33. The van der Waals surface area contributed by atoms with Crippen LogP contribution in [-0.2, 0) is 11.2 Å². The fraction of sp³-hybridized carbons (Fsp3) is 0.133. The Bertz CT molecular complexity index is 716. The Morgan fingerprint density at radius 1 is 0.955 bits per heavy atom. The van der Waals surface area contributed by atoms with E-state index in [9.17, 15) is 26.7 Å². The van der Waals surface area contributed by atoms with Gasteiger partial charge in [-0.2, -0.15) is 0 Å². The van der Waals surface area contributed by atoms with Crippen molar-refractivity contribution in [3.63, 3.8) is 0 Å². The van der Waals surface area contributed by atoms with Crippen molar-refractivity contribution in [3.05, 3.63) is 64.5 Å². The molecule has 0 spiro atoms. The maximum Gasteiger partial charge on any atom is 0.229 e. The number of anilines is 1. The van der Waals surface area contributed by atoms with E-state index in [0.29, 0.717) is 5.69 Å². The predicted octanol–water partition coefficient (Wildman–Crippen LogP) is 3.87. The molecule has 0 aromatic heterocycles. The van der Waals surface area contributed by atoms with Crippen molar-refractivity contribution < 1.29 is 26.7 Å². The predicted molar refractivity (Wildman–Crippen MR) is 69.7 cm³/mol. The van der Waals surface area contributed by atoms with Gasteiger partial charge >= 0.3 is 0 Å². The number of halogens is 5. The lowest BCUT2D eigenvalue weighted by Crippen LogP contribution is -2.18. The van der Waals surface area contributed by atoms with Gasteiger partial charge in [0, 0.05) is 11.3 Å². The lowest BCUT2D eigenvalue weighted by atomic mass is 10.1. The Balaban J connectivity index is 2.26. The first-order valence-electron chi connectivity index (χ1n) is 6.18. The summed E-state index contributed by atoms with van der Waals surface area (Å²) < 4.78 is 65.9. The normalized spacial score (nSPS) is 10.6. The van der Waals surface area contributed by atoms with Crippen molar-refractivity contribution in [1.82, 2.24) is 0 Å². The Labute approximate surface area is 122 Å². The first kappa shape index (κ1) is 15.9. The highest BCUT2D eigenvalue weighted by atomic mass is 19.2. The number of rotatable bonds is 3. The molecule has 0 saturated heterocycles. The lowest BCUT2D eigenvalue weighted by Gasteiger charge is -2.09. The zero-order valence-corrected chi connectivity index (χ0v) is 11.3. The molecule has 0 aliphatic heterocycles. The highest BCUT2D eigenvalue weighted by molar-refractivity contribution is 5.92. The van der Waals surface area contributed by atoms with Crippen LogP contribution in [0.25, 0.3) is 0 Å². The average molecular weight is 315 g/mol. The molecular weight excluding hydrogens is 305 g/mol. The number of hydrogen-bond donors (Lipinski definition) is 1. The van der Waals surface area contributed by atoms with E-state index in [1.54, 1.807) is 25.1 Å². The van der Waals surface area contributed by atoms with Gasteiger partial charge < -0.3 is 5.32 Å². The van der Waals surface area contributed by atoms with Crippen molar-refractivity contribution in [2.45, 2.75) is 13.3 Å². The van der Waals surface area contributed by atoms with Gasteiger partial charge in [-0.1, -0.05) is 12.1 Å². The Morgan fingerprint density at radius 3 is 2.05 bits per heavy atom. The van der Waals surface area contributed by atoms with Crippen LogP contribution < -0.4 is 5.32 Å². The minimum Gasteiger partial charge on any atom is -0.326 e. The molecule has 0 bridgehead atoms. The van der Waals surface area contributed by atoms with E-state index in [2.05, 4.69) is 5.32 Å². The molecule has 0 heterocycles. The number of carbonyl (C=O) groups is 1. The number of aryl methyl sites for hydroxylation is 1. The molecule has 2 rings (SSSR count). The number of carbonyl (C=O) groups excluding carboxylic acids is 1. The zero-order chi connectivity index (χ0) is 16.4. The molecule has 1 N–H and O–H groups in total. The third-order valence-corrected chi connectivity index (χ3v) is 2.94. The third-order valence-electron chi connectivity index (χ3n) is 2.94. The summed E-state index contributed by atoms with van der Waals surface area (Å²) in [4.78, 5) is 11.7. The van der Waals surface area contributed by atoms with Crippen molar-refractivity contribution in [3.8, 4) is 0 Å². The second kappa shape index (κ2) is 6.13. The quantitative estimate of drug-likeness (QED) is 0.520. The second-order valence-corrected chi connectivity index (χ2v) is 4.64. The zero-order valence-electron chi connectivity index (χ0n) is 11.3. The molecule has 0 unspecified atom stereocenters. The Morgan fingerprint density at radius 2 is 1.50 bits per heavy atom. The molecule has 2 aromatic carbocycles. The van der Waals surface area contributed by atoms with Gasteiger partial charge in [-0.25, -0.2) is 22.0 Å². The molecule has 0 aliphatic carbocycles. The topological polar surface area (TPSA) is 29.1 Å². The SMILES string of the molecule is Cc1cccc(NC(=O)Cc2c(F)c(F)c(F)c(F)c2F)c1. The maximum absolute atomic E-state index is 13.5. The van der Waals surface area contributed by atoms with Crippen LogP contribution in [0.15, 0.2) is 24.3 Å². The minimum absolute atomic E-state index is 0.355. The molecular formula is C15H10F5NO. The lowest BCUT2D eigenvalue weighted by molar-refractivity contribution is -0.115. The van der Waals surface area contributed by atoms with Crippen LogP contribution in [0.5, 0.6) is 0 Å². The van der Waals surface area contributed by atoms with Crippen LogP contribution in [0.2, 0.25) is 0 Å². The standard InChI is InChI=1S/C15H10F5NO/c1-7-3-2-4-8(5-7)21-10(22)6-9-11(16)13(18)15(20)14(19)12(9)17/h2-5H,6H2,1H3,(H,21,22). The van der Waals surface area contributed by atoms with E-state index in [4.69, 9.17) is 0 Å². The summed E-state index contributed by atoms with van der Waals surface area (Å²) in [6.07, 6.45) is -0.972. The molecule has 7 heteroatoms.